The molecule has 2 amide bonds. The summed E-state index contributed by atoms with van der Waals surface area (Å²) in [7, 11) is -1.19. The summed E-state index contributed by atoms with van der Waals surface area (Å²) in [5, 5.41) is 15.3. The molecular weight excluding hydrogens is 675 g/mol. The first kappa shape index (κ1) is 46.4. The Morgan fingerprint density at radius 1 is 0.692 bits per heavy atom. The Morgan fingerprint density at radius 2 is 1.15 bits per heavy atom. The van der Waals surface area contributed by atoms with Crippen LogP contribution in [0.1, 0.15) is 189 Å². The van der Waals surface area contributed by atoms with Gasteiger partial charge in [-0.05, 0) is 72.6 Å². The average molecular weight is 751 g/mol. The molecule has 1 atom stereocenters. The quantitative estimate of drug-likeness (QED) is 0.0378. The van der Waals surface area contributed by atoms with Gasteiger partial charge in [0.25, 0.3) is 8.53 Å². The van der Waals surface area contributed by atoms with Gasteiger partial charge in [0.1, 0.15) is 0 Å². The molecule has 0 aromatic heterocycles. The Morgan fingerprint density at radius 3 is 1.65 bits per heavy atom. The van der Waals surface area contributed by atoms with E-state index in [0.717, 1.165) is 70.6 Å². The maximum Gasteiger partial charge on any atom is 0.302 e. The van der Waals surface area contributed by atoms with Crippen molar-refractivity contribution in [3.63, 3.8) is 0 Å². The molecule has 2 N–H and O–H groups in total. The number of rotatable bonds is 34. The minimum atomic E-state index is -1.19. The molecule has 52 heavy (non-hydrogen) atoms. The standard InChI is InChI=1S/C41H75N4O6P/c1-35(2)45(36(3)4)52(51-31-25-27-42)50-30-24-20-18-22-28-43-39(48)40-32-41(33-40,34-40)44-38(47)26-21-17-15-13-11-9-7-6-8-10-12-14-16-19-23-29-49-37(5)46/h35-36H,6-26,28-34H2,1-5H3,(H,43,48)(H,44,47). The second-order valence-corrected chi connectivity index (χ2v) is 17.5. The van der Waals surface area contributed by atoms with E-state index in [4.69, 9.17) is 19.0 Å². The lowest BCUT2D eigenvalue weighted by Crippen LogP contribution is -2.78. The van der Waals surface area contributed by atoms with Gasteiger partial charge in [-0.1, -0.05) is 96.3 Å². The number of ether oxygens (including phenoxy) is 1. The predicted octanol–water partition coefficient (Wildman–Crippen LogP) is 9.80. The minimum absolute atomic E-state index is 0.126. The van der Waals surface area contributed by atoms with Crippen molar-refractivity contribution in [1.29, 1.82) is 5.26 Å². The van der Waals surface area contributed by atoms with Gasteiger partial charge in [-0.3, -0.25) is 14.4 Å². The average Bonchev–Trinajstić information content (AvgIpc) is 3.05. The highest BCUT2D eigenvalue weighted by molar-refractivity contribution is 7.44. The molecule has 0 aromatic carbocycles. The van der Waals surface area contributed by atoms with Crippen LogP contribution < -0.4 is 10.6 Å². The van der Waals surface area contributed by atoms with E-state index in [2.05, 4.69) is 49.1 Å². The summed E-state index contributed by atoms with van der Waals surface area (Å²) in [5.41, 5.74) is -0.379. The molecule has 300 valence electrons. The first-order valence-corrected chi connectivity index (χ1v) is 22.1. The summed E-state index contributed by atoms with van der Waals surface area (Å²) in [4.78, 5) is 36.2. The number of nitriles is 1. The van der Waals surface area contributed by atoms with Crippen molar-refractivity contribution in [2.45, 2.75) is 206 Å². The van der Waals surface area contributed by atoms with Gasteiger partial charge in [-0.25, -0.2) is 4.67 Å². The Kier molecular flexibility index (Phi) is 24.0. The van der Waals surface area contributed by atoms with Gasteiger partial charge < -0.3 is 24.4 Å². The van der Waals surface area contributed by atoms with E-state index < -0.39 is 8.53 Å². The van der Waals surface area contributed by atoms with Crippen LogP contribution in [0.5, 0.6) is 0 Å². The molecule has 3 aliphatic rings. The van der Waals surface area contributed by atoms with Gasteiger partial charge in [0.05, 0.1) is 37.7 Å². The molecule has 0 heterocycles. The molecule has 3 aliphatic carbocycles. The molecule has 3 fully saturated rings. The number of amides is 2. The fourth-order valence-electron chi connectivity index (χ4n) is 7.85. The normalized spacial score (nSPS) is 19.6. The van der Waals surface area contributed by atoms with Crippen molar-refractivity contribution in [3.8, 4) is 6.07 Å². The summed E-state index contributed by atoms with van der Waals surface area (Å²) < 4.78 is 19.3. The highest BCUT2D eigenvalue weighted by Gasteiger charge is 2.72. The van der Waals surface area contributed by atoms with E-state index in [-0.39, 0.29) is 28.7 Å². The molecule has 0 aliphatic heterocycles. The number of unbranched alkanes of at least 4 members (excludes halogenated alkanes) is 17. The fraction of sp³-hybridized carbons (Fsp3) is 0.902. The lowest BCUT2D eigenvalue weighted by atomic mass is 9.39. The van der Waals surface area contributed by atoms with Crippen LogP contribution in [0, 0.1) is 16.7 Å². The van der Waals surface area contributed by atoms with Crippen LogP contribution in [0.4, 0.5) is 0 Å². The van der Waals surface area contributed by atoms with E-state index in [1.165, 1.54) is 77.6 Å². The number of esters is 1. The lowest BCUT2D eigenvalue weighted by molar-refractivity contribution is -0.183. The largest absolute Gasteiger partial charge is 0.466 e. The van der Waals surface area contributed by atoms with E-state index in [1.807, 2.05) is 0 Å². The molecular formula is C41H75N4O6P. The number of carbonyl (C=O) groups excluding carboxylic acids is 3. The molecule has 2 bridgehead atoms. The first-order valence-electron chi connectivity index (χ1n) is 21.0. The molecule has 3 saturated carbocycles. The van der Waals surface area contributed by atoms with Gasteiger partial charge in [0.2, 0.25) is 11.8 Å². The van der Waals surface area contributed by atoms with Crippen molar-refractivity contribution in [2.24, 2.45) is 5.41 Å². The van der Waals surface area contributed by atoms with Crippen LogP contribution in [-0.2, 0) is 28.2 Å². The Labute approximate surface area is 318 Å². The van der Waals surface area contributed by atoms with Crippen LogP contribution in [0.2, 0.25) is 0 Å². The van der Waals surface area contributed by atoms with Gasteiger partial charge in [-0.15, -0.1) is 0 Å². The zero-order chi connectivity index (χ0) is 38.1. The van der Waals surface area contributed by atoms with Gasteiger partial charge in [0.15, 0.2) is 0 Å². The number of hydrogen-bond acceptors (Lipinski definition) is 8. The molecule has 0 aromatic rings. The number of nitrogens with zero attached hydrogens (tertiary/aromatic N) is 2. The third kappa shape index (κ3) is 18.5. The monoisotopic (exact) mass is 751 g/mol. The van der Waals surface area contributed by atoms with Gasteiger partial charge >= 0.3 is 5.97 Å². The van der Waals surface area contributed by atoms with Crippen molar-refractivity contribution in [3.05, 3.63) is 0 Å². The number of hydrogen-bond donors (Lipinski definition) is 2. The Balaban J connectivity index is 1.38. The van der Waals surface area contributed by atoms with E-state index in [9.17, 15) is 14.4 Å². The predicted molar refractivity (Wildman–Crippen MR) is 210 cm³/mol. The van der Waals surface area contributed by atoms with Gasteiger partial charge in [0, 0.05) is 37.5 Å². The smallest absolute Gasteiger partial charge is 0.302 e. The SMILES string of the molecule is CC(=O)OCCCCCCCCCCCCCCCCCC(=O)NC12CC(C(=O)NCCCCCCOP(OCCC#N)N(C(C)C)C(C)C)(C1)C2. The third-order valence-corrected chi connectivity index (χ3v) is 12.6. The highest BCUT2D eigenvalue weighted by Crippen LogP contribution is 2.67. The molecule has 0 spiro atoms. The Hall–Kier alpha value is -1.79. The number of carbonyl (C=O) groups is 3. The molecule has 0 radical (unpaired) electrons. The third-order valence-electron chi connectivity index (χ3n) is 10.5. The maximum atomic E-state index is 12.9. The van der Waals surface area contributed by atoms with Crippen molar-refractivity contribution >= 4 is 26.3 Å². The van der Waals surface area contributed by atoms with E-state index in [0.29, 0.717) is 51.3 Å². The molecule has 3 rings (SSSR count). The van der Waals surface area contributed by atoms with Crippen LogP contribution in [0.15, 0.2) is 0 Å². The zero-order valence-electron chi connectivity index (χ0n) is 33.7. The highest BCUT2D eigenvalue weighted by atomic mass is 31.2. The zero-order valence-corrected chi connectivity index (χ0v) is 34.6. The van der Waals surface area contributed by atoms with Crippen LogP contribution in [0.25, 0.3) is 0 Å². The van der Waals surface area contributed by atoms with Crippen LogP contribution >= 0.6 is 8.53 Å². The molecule has 10 nitrogen and oxygen atoms in total. The summed E-state index contributed by atoms with van der Waals surface area (Å²) in [6.45, 7) is 12.3. The summed E-state index contributed by atoms with van der Waals surface area (Å²) in [6, 6.07) is 2.73. The molecule has 0 saturated heterocycles. The molecule has 11 heteroatoms. The van der Waals surface area contributed by atoms with E-state index in [1.54, 1.807) is 0 Å². The van der Waals surface area contributed by atoms with E-state index >= 15 is 0 Å². The fourth-order valence-corrected chi connectivity index (χ4v) is 9.48. The Bertz CT molecular complexity index is 1020. The van der Waals surface area contributed by atoms with Crippen LogP contribution in [-0.4, -0.2) is 66.4 Å². The summed E-state index contributed by atoms with van der Waals surface area (Å²) in [6.07, 6.45) is 25.8. The van der Waals surface area contributed by atoms with Crippen molar-refractivity contribution in [1.82, 2.24) is 15.3 Å². The van der Waals surface area contributed by atoms with Crippen molar-refractivity contribution < 1.29 is 28.2 Å². The summed E-state index contributed by atoms with van der Waals surface area (Å²) in [5.74, 6) is 0.140. The minimum Gasteiger partial charge on any atom is -0.466 e. The summed E-state index contributed by atoms with van der Waals surface area (Å²) >= 11 is 0. The molecule has 1 unspecified atom stereocenters. The topological polar surface area (TPSA) is 130 Å². The lowest BCUT2D eigenvalue weighted by Gasteiger charge is -2.69. The van der Waals surface area contributed by atoms with Crippen LogP contribution in [0.3, 0.4) is 0 Å². The maximum absolute atomic E-state index is 12.9. The van der Waals surface area contributed by atoms with Crippen molar-refractivity contribution in [2.75, 3.05) is 26.4 Å². The number of nitrogens with one attached hydrogen (secondary N) is 2. The van der Waals surface area contributed by atoms with Gasteiger partial charge in [-0.2, -0.15) is 5.26 Å². The second kappa shape index (κ2) is 26.9. The second-order valence-electron chi connectivity index (χ2n) is 16.1. The first-order chi connectivity index (χ1) is 25.0.